The number of hydrogen-bond donors (Lipinski definition) is 0. The van der Waals surface area contributed by atoms with E-state index in [0.717, 1.165) is 87.6 Å². The highest BCUT2D eigenvalue weighted by atomic mass is 32.1. The predicted octanol–water partition coefficient (Wildman–Crippen LogP) is 14.0. The molecule has 0 atom stereocenters. The zero-order valence-electron chi connectivity index (χ0n) is 32.3. The minimum absolute atomic E-state index is 0.611. The number of hydrogen-bond acceptors (Lipinski definition) is 6. The molecule has 59 heavy (non-hydrogen) atoms. The molecule has 0 fully saturated rings. The quantitative estimate of drug-likeness (QED) is 0.161. The van der Waals surface area contributed by atoms with Crippen molar-refractivity contribution in [3.8, 4) is 61.5 Å². The molecule has 0 bridgehead atoms. The maximum atomic E-state index is 6.44. The molecule has 0 saturated carbocycles. The van der Waals surface area contributed by atoms with Gasteiger partial charge in [-0.25, -0.2) is 19.9 Å². The minimum Gasteiger partial charge on any atom is -0.456 e. The van der Waals surface area contributed by atoms with E-state index in [0.29, 0.717) is 17.5 Å². The van der Waals surface area contributed by atoms with Crippen molar-refractivity contribution in [1.82, 2.24) is 24.5 Å². The lowest BCUT2D eigenvalue weighted by molar-refractivity contribution is 0.602. The van der Waals surface area contributed by atoms with E-state index in [4.69, 9.17) is 24.4 Å². The highest BCUT2D eigenvalue weighted by Crippen LogP contribution is 2.40. The first kappa shape index (κ1) is 34.7. The lowest BCUT2D eigenvalue weighted by Crippen LogP contribution is -2.00. The Kier molecular flexibility index (Phi) is 8.34. The Bertz CT molecular complexity index is 3360. The normalized spacial score (nSPS) is 11.8. The van der Waals surface area contributed by atoms with E-state index in [9.17, 15) is 0 Å². The Morgan fingerprint density at radius 3 is 1.93 bits per heavy atom. The van der Waals surface area contributed by atoms with Gasteiger partial charge in [0.1, 0.15) is 16.4 Å². The molecular formula is C52H35N5OS. The Labute approximate surface area is 344 Å². The minimum atomic E-state index is 0.611. The van der Waals surface area contributed by atoms with Crippen molar-refractivity contribution in [3.05, 3.63) is 181 Å². The fourth-order valence-electron chi connectivity index (χ4n) is 8.12. The summed E-state index contributed by atoms with van der Waals surface area (Å²) in [6.07, 6.45) is 4.06. The molecule has 11 rings (SSSR count). The van der Waals surface area contributed by atoms with E-state index in [1.165, 1.54) is 10.8 Å². The standard InChI is InChI=1S/C52H35N5OS/c1-3-14-46-32(2)39-22-13-23-40(48(39)58-46)35-25-27-45-42(30-35)41-21-10-11-24-44(41)57(45)38-20-12-19-37(29-38)52-53-43-31-36(26-28-47(43)59-52)51-55-49(33-15-6-4-7-16-33)54-50(56-51)34-17-8-5-9-18-34/h3-31H,1-2H3/b14-3-. The van der Waals surface area contributed by atoms with Gasteiger partial charge >= 0.3 is 0 Å². The number of allylic oxidation sites excluding steroid dienone is 1. The maximum Gasteiger partial charge on any atom is 0.164 e. The summed E-state index contributed by atoms with van der Waals surface area (Å²) in [5.41, 5.74) is 12.4. The van der Waals surface area contributed by atoms with Gasteiger partial charge in [0, 0.05) is 55.2 Å². The molecule has 0 N–H and O–H groups in total. The summed E-state index contributed by atoms with van der Waals surface area (Å²) in [7, 11) is 0. The molecule has 0 saturated heterocycles. The number of thiazole rings is 1. The van der Waals surface area contributed by atoms with Crippen molar-refractivity contribution in [3.63, 3.8) is 0 Å². The number of aromatic nitrogens is 5. The van der Waals surface area contributed by atoms with Crippen molar-refractivity contribution < 1.29 is 4.42 Å². The molecule has 0 aliphatic carbocycles. The number of para-hydroxylation sites is 2. The van der Waals surface area contributed by atoms with Gasteiger partial charge in [-0.3, -0.25) is 0 Å². The van der Waals surface area contributed by atoms with Gasteiger partial charge in [0.2, 0.25) is 0 Å². The van der Waals surface area contributed by atoms with Crippen LogP contribution in [0.1, 0.15) is 18.2 Å². The highest BCUT2D eigenvalue weighted by molar-refractivity contribution is 7.21. The van der Waals surface area contributed by atoms with E-state index < -0.39 is 0 Å². The summed E-state index contributed by atoms with van der Waals surface area (Å²) in [5.74, 6) is 2.78. The first-order chi connectivity index (χ1) is 29.1. The molecule has 0 unspecified atom stereocenters. The average Bonchev–Trinajstić information content (AvgIpc) is 3.98. The summed E-state index contributed by atoms with van der Waals surface area (Å²) in [4.78, 5) is 20.0. The van der Waals surface area contributed by atoms with Crippen LogP contribution in [0.5, 0.6) is 0 Å². The Hall–Kier alpha value is -7.48. The SMILES string of the molecule is C/C=C\c1oc2c(-c3ccc4c(c3)c3ccccc3n4-c3cccc(-c4nc5cc(-c6nc(-c7ccccc7)nc(-c7ccccc7)n6)ccc5s4)c3)cccc2c1C. The molecule has 0 radical (unpaired) electrons. The number of fused-ring (bicyclic) bond motifs is 5. The molecule has 6 nitrogen and oxygen atoms in total. The molecular weight excluding hydrogens is 743 g/mol. The largest absolute Gasteiger partial charge is 0.456 e. The summed E-state index contributed by atoms with van der Waals surface area (Å²) >= 11 is 1.69. The van der Waals surface area contributed by atoms with E-state index >= 15 is 0 Å². The Morgan fingerprint density at radius 2 is 1.17 bits per heavy atom. The fourth-order valence-corrected chi connectivity index (χ4v) is 9.07. The van der Waals surface area contributed by atoms with Crippen LogP contribution in [0, 0.1) is 6.92 Å². The maximum absolute atomic E-state index is 6.44. The van der Waals surface area contributed by atoms with Crippen LogP contribution in [0.4, 0.5) is 0 Å². The van der Waals surface area contributed by atoms with Crippen molar-refractivity contribution in [2.24, 2.45) is 0 Å². The lowest BCUT2D eigenvalue weighted by Gasteiger charge is -2.10. The van der Waals surface area contributed by atoms with Crippen LogP contribution in [0.25, 0.3) is 111 Å². The van der Waals surface area contributed by atoms with Crippen LogP contribution < -0.4 is 0 Å². The number of furan rings is 1. The molecule has 0 spiro atoms. The second kappa shape index (κ2) is 14.2. The third kappa shape index (κ3) is 6.02. The lowest BCUT2D eigenvalue weighted by atomic mass is 10.00. The smallest absolute Gasteiger partial charge is 0.164 e. The molecule has 7 heteroatoms. The van der Waals surface area contributed by atoms with E-state index in [2.05, 4.69) is 115 Å². The Balaban J connectivity index is 0.986. The van der Waals surface area contributed by atoms with Crippen LogP contribution in [0.2, 0.25) is 0 Å². The second-order valence-electron chi connectivity index (χ2n) is 14.6. The number of aryl methyl sites for hydroxylation is 1. The van der Waals surface area contributed by atoms with Crippen molar-refractivity contribution in [1.29, 1.82) is 0 Å². The van der Waals surface area contributed by atoms with Gasteiger partial charge in [-0.1, -0.05) is 121 Å². The van der Waals surface area contributed by atoms with Gasteiger partial charge in [-0.2, -0.15) is 0 Å². The number of rotatable bonds is 7. The molecule has 0 aliphatic rings. The molecule has 280 valence electrons. The van der Waals surface area contributed by atoms with Crippen LogP contribution >= 0.6 is 11.3 Å². The average molecular weight is 778 g/mol. The molecule has 11 aromatic rings. The van der Waals surface area contributed by atoms with Gasteiger partial charge < -0.3 is 8.98 Å². The molecule has 0 aliphatic heterocycles. The van der Waals surface area contributed by atoms with Gasteiger partial charge in [-0.15, -0.1) is 11.3 Å². The molecule has 4 aromatic heterocycles. The van der Waals surface area contributed by atoms with E-state index in [1.807, 2.05) is 79.7 Å². The number of benzene rings is 7. The van der Waals surface area contributed by atoms with Crippen LogP contribution in [-0.2, 0) is 0 Å². The first-order valence-corrected chi connectivity index (χ1v) is 20.5. The zero-order valence-corrected chi connectivity index (χ0v) is 33.1. The van der Waals surface area contributed by atoms with Crippen LogP contribution in [0.15, 0.2) is 174 Å². The molecule has 0 amide bonds. The summed E-state index contributed by atoms with van der Waals surface area (Å²) in [6.45, 7) is 4.14. The highest BCUT2D eigenvalue weighted by Gasteiger charge is 2.19. The summed E-state index contributed by atoms with van der Waals surface area (Å²) in [6, 6.07) is 56.9. The monoisotopic (exact) mass is 777 g/mol. The summed E-state index contributed by atoms with van der Waals surface area (Å²) < 4.78 is 9.90. The zero-order chi connectivity index (χ0) is 39.5. The van der Waals surface area contributed by atoms with Gasteiger partial charge in [0.05, 0.1) is 21.3 Å². The number of nitrogens with zero attached hydrogens (tertiary/aromatic N) is 5. The first-order valence-electron chi connectivity index (χ1n) is 19.7. The van der Waals surface area contributed by atoms with Crippen molar-refractivity contribution in [2.75, 3.05) is 0 Å². The van der Waals surface area contributed by atoms with E-state index in [1.54, 1.807) is 11.3 Å². The van der Waals surface area contributed by atoms with E-state index in [-0.39, 0.29) is 0 Å². The third-order valence-electron chi connectivity index (χ3n) is 11.0. The van der Waals surface area contributed by atoms with Gasteiger partial charge in [0.25, 0.3) is 0 Å². The third-order valence-corrected chi connectivity index (χ3v) is 12.1. The topological polar surface area (TPSA) is 69.6 Å². The fraction of sp³-hybridized carbons (Fsp3) is 0.0385. The summed E-state index contributed by atoms with van der Waals surface area (Å²) in [5, 5.41) is 4.48. The second-order valence-corrected chi connectivity index (χ2v) is 15.7. The van der Waals surface area contributed by atoms with Crippen molar-refractivity contribution in [2.45, 2.75) is 13.8 Å². The van der Waals surface area contributed by atoms with Gasteiger partial charge in [0.15, 0.2) is 17.5 Å². The van der Waals surface area contributed by atoms with Crippen molar-refractivity contribution >= 4 is 60.4 Å². The van der Waals surface area contributed by atoms with Crippen LogP contribution in [-0.4, -0.2) is 24.5 Å². The van der Waals surface area contributed by atoms with Crippen LogP contribution in [0.3, 0.4) is 0 Å². The molecule has 7 aromatic carbocycles. The Morgan fingerprint density at radius 1 is 0.525 bits per heavy atom. The molecule has 4 heterocycles. The predicted molar refractivity (Wildman–Crippen MR) is 244 cm³/mol. The van der Waals surface area contributed by atoms with Gasteiger partial charge in [-0.05, 0) is 74.0 Å².